The number of thiol groups is 1. The average molecular weight is 271 g/mol. The molecule has 0 saturated carbocycles. The van der Waals surface area contributed by atoms with Crippen LogP contribution in [0.25, 0.3) is 11.3 Å². The summed E-state index contributed by atoms with van der Waals surface area (Å²) in [7, 11) is 0. The third-order valence-corrected chi connectivity index (χ3v) is 4.39. The second-order valence-corrected chi connectivity index (χ2v) is 5.41. The van der Waals surface area contributed by atoms with Gasteiger partial charge in [0.05, 0.1) is 16.3 Å². The molecule has 3 rings (SSSR count). The Labute approximate surface area is 118 Å². The lowest BCUT2D eigenvalue weighted by molar-refractivity contribution is 0.101. The molecule has 2 nitrogen and oxygen atoms in total. The highest BCUT2D eigenvalue weighted by molar-refractivity contribution is 7.80. The highest BCUT2D eigenvalue weighted by atomic mass is 32.1. The number of ketones is 1. The Morgan fingerprint density at radius 2 is 2.05 bits per heavy atom. The number of carbonyl (C=O) groups excluding carboxylic acids is 1. The number of nitrogens with zero attached hydrogens (tertiary/aromatic N) is 1. The van der Waals surface area contributed by atoms with Crippen molar-refractivity contribution in [1.82, 2.24) is 4.57 Å². The van der Waals surface area contributed by atoms with Crippen LogP contribution in [0.15, 0.2) is 29.3 Å². The van der Waals surface area contributed by atoms with E-state index in [4.69, 9.17) is 0 Å². The van der Waals surface area contributed by atoms with E-state index >= 15 is 0 Å². The molecule has 0 saturated heterocycles. The maximum Gasteiger partial charge on any atom is 0.162 e. The zero-order valence-electron chi connectivity index (χ0n) is 11.2. The molecule has 0 fully saturated rings. The van der Waals surface area contributed by atoms with E-state index in [1.54, 1.807) is 6.92 Å². The van der Waals surface area contributed by atoms with Crippen LogP contribution in [0.5, 0.6) is 0 Å². The molecule has 1 aliphatic carbocycles. The van der Waals surface area contributed by atoms with Crippen molar-refractivity contribution in [3.8, 4) is 11.3 Å². The molecular weight excluding hydrogens is 254 g/mol. The third kappa shape index (κ3) is 1.76. The van der Waals surface area contributed by atoms with Gasteiger partial charge < -0.3 is 4.57 Å². The average Bonchev–Trinajstić information content (AvgIpc) is 2.70. The first-order valence-electron chi connectivity index (χ1n) is 6.68. The Balaban J connectivity index is 2.36. The lowest BCUT2D eigenvalue weighted by Crippen LogP contribution is -2.07. The summed E-state index contributed by atoms with van der Waals surface area (Å²) in [5.74, 6) is 0.118. The first-order valence-corrected chi connectivity index (χ1v) is 7.13. The van der Waals surface area contributed by atoms with Gasteiger partial charge in [-0.25, -0.2) is 0 Å². The van der Waals surface area contributed by atoms with Gasteiger partial charge in [0.15, 0.2) is 5.78 Å². The largest absolute Gasteiger partial charge is 0.335 e. The van der Waals surface area contributed by atoms with E-state index in [0.29, 0.717) is 0 Å². The summed E-state index contributed by atoms with van der Waals surface area (Å²) in [6.07, 6.45) is 1.94. The van der Waals surface area contributed by atoms with Gasteiger partial charge in [0.25, 0.3) is 0 Å². The minimum atomic E-state index is 0.118. The lowest BCUT2D eigenvalue weighted by Gasteiger charge is -2.19. The molecule has 1 heterocycles. The molecule has 1 aromatic carbocycles. The minimum absolute atomic E-state index is 0.118. The summed E-state index contributed by atoms with van der Waals surface area (Å²) in [4.78, 5) is 11.9. The molecule has 0 amide bonds. The zero-order valence-corrected chi connectivity index (χ0v) is 12.1. The molecule has 1 aliphatic rings. The van der Waals surface area contributed by atoms with E-state index in [1.165, 1.54) is 22.4 Å². The van der Waals surface area contributed by atoms with Gasteiger partial charge in [0, 0.05) is 12.1 Å². The maximum absolute atomic E-state index is 11.9. The number of Topliss-reactive ketones (excluding diaryl/α,β-unsaturated/α-hetero) is 1. The molecular formula is C16H17NOS. The number of carbonyl (C=O) groups is 1. The smallest absolute Gasteiger partial charge is 0.162 e. The molecule has 98 valence electrons. The molecule has 1 aromatic heterocycles. The van der Waals surface area contributed by atoms with Crippen LogP contribution in [0.1, 0.15) is 35.3 Å². The Hall–Kier alpha value is -1.48. The number of hydrogen-bond acceptors (Lipinski definition) is 2. The summed E-state index contributed by atoms with van der Waals surface area (Å²) < 4.78 is 2.16. The zero-order chi connectivity index (χ0) is 13.6. The van der Waals surface area contributed by atoms with Crippen LogP contribution in [0.2, 0.25) is 0 Å². The molecule has 0 unspecified atom stereocenters. The van der Waals surface area contributed by atoms with Crippen molar-refractivity contribution in [2.45, 2.75) is 38.3 Å². The first kappa shape index (κ1) is 12.5. The van der Waals surface area contributed by atoms with Crippen molar-refractivity contribution in [3.05, 3.63) is 41.0 Å². The van der Waals surface area contributed by atoms with Crippen molar-refractivity contribution in [2.75, 3.05) is 0 Å². The van der Waals surface area contributed by atoms with Gasteiger partial charge in [-0.15, -0.1) is 12.6 Å². The van der Waals surface area contributed by atoms with Crippen molar-refractivity contribution in [3.63, 3.8) is 0 Å². The lowest BCUT2D eigenvalue weighted by atomic mass is 9.88. The Morgan fingerprint density at radius 3 is 2.74 bits per heavy atom. The number of rotatable bonds is 2. The number of aromatic nitrogens is 1. The van der Waals surface area contributed by atoms with E-state index in [1.807, 2.05) is 0 Å². The maximum atomic E-state index is 11.9. The van der Waals surface area contributed by atoms with Crippen molar-refractivity contribution < 1.29 is 4.79 Å². The minimum Gasteiger partial charge on any atom is -0.335 e. The number of fused-ring (bicyclic) bond motifs is 3. The van der Waals surface area contributed by atoms with E-state index in [-0.39, 0.29) is 5.78 Å². The molecule has 0 atom stereocenters. The number of hydrogen-bond donors (Lipinski definition) is 1. The first-order chi connectivity index (χ1) is 9.15. The van der Waals surface area contributed by atoms with E-state index in [0.717, 1.165) is 30.0 Å². The quantitative estimate of drug-likeness (QED) is 0.652. The fraction of sp³-hybridized carbons (Fsp3) is 0.312. The highest BCUT2D eigenvalue weighted by Crippen LogP contribution is 2.40. The predicted molar refractivity (Wildman–Crippen MR) is 80.2 cm³/mol. The van der Waals surface area contributed by atoms with Crippen LogP contribution >= 0.6 is 12.6 Å². The topological polar surface area (TPSA) is 22.0 Å². The molecule has 0 bridgehead atoms. The highest BCUT2D eigenvalue weighted by Gasteiger charge is 2.27. The molecule has 19 heavy (non-hydrogen) atoms. The Kier molecular flexibility index (Phi) is 3.02. The van der Waals surface area contributed by atoms with Gasteiger partial charge in [0.1, 0.15) is 0 Å². The van der Waals surface area contributed by atoms with Crippen LogP contribution in [-0.2, 0) is 19.4 Å². The molecule has 2 aromatic rings. The SMILES string of the molecule is CCn1c(S)c(C(C)=O)c2c1-c1ccccc1CC2. The molecule has 0 aliphatic heterocycles. The summed E-state index contributed by atoms with van der Waals surface area (Å²) in [6.45, 7) is 4.57. The monoisotopic (exact) mass is 271 g/mol. The predicted octanol–water partition coefficient (Wildman–Crippen LogP) is 3.76. The van der Waals surface area contributed by atoms with Crippen molar-refractivity contribution >= 4 is 18.4 Å². The van der Waals surface area contributed by atoms with Gasteiger partial charge in [-0.2, -0.15) is 0 Å². The van der Waals surface area contributed by atoms with E-state index < -0.39 is 0 Å². The third-order valence-electron chi connectivity index (χ3n) is 3.92. The van der Waals surface area contributed by atoms with Crippen LogP contribution in [0.4, 0.5) is 0 Å². The number of benzene rings is 1. The summed E-state index contributed by atoms with van der Waals surface area (Å²) in [5, 5.41) is 0.816. The van der Waals surface area contributed by atoms with Gasteiger partial charge >= 0.3 is 0 Å². The van der Waals surface area contributed by atoms with Crippen molar-refractivity contribution in [1.29, 1.82) is 0 Å². The molecule has 0 radical (unpaired) electrons. The van der Waals surface area contributed by atoms with Gasteiger partial charge in [-0.05, 0) is 37.8 Å². The summed E-state index contributed by atoms with van der Waals surface area (Å²) in [5.41, 5.74) is 5.81. The second kappa shape index (κ2) is 4.57. The van der Waals surface area contributed by atoms with Crippen LogP contribution < -0.4 is 0 Å². The van der Waals surface area contributed by atoms with E-state index in [9.17, 15) is 4.79 Å². The standard InChI is InChI=1S/C16H17NOS/c1-3-17-15-12-7-5-4-6-11(12)8-9-13(15)14(10(2)18)16(17)19/h4-7,19H,3,8-9H2,1-2H3. The Morgan fingerprint density at radius 1 is 1.32 bits per heavy atom. The normalized spacial score (nSPS) is 13.0. The fourth-order valence-electron chi connectivity index (χ4n) is 3.12. The van der Waals surface area contributed by atoms with Gasteiger partial charge in [0.2, 0.25) is 0 Å². The van der Waals surface area contributed by atoms with Gasteiger partial charge in [-0.1, -0.05) is 24.3 Å². The molecule has 0 N–H and O–H groups in total. The number of aryl methyl sites for hydroxylation is 1. The van der Waals surface area contributed by atoms with E-state index in [2.05, 4.69) is 48.4 Å². The summed E-state index contributed by atoms with van der Waals surface area (Å²) in [6, 6.07) is 8.47. The molecule has 0 spiro atoms. The van der Waals surface area contributed by atoms with Crippen LogP contribution in [-0.4, -0.2) is 10.4 Å². The van der Waals surface area contributed by atoms with Crippen LogP contribution in [0.3, 0.4) is 0 Å². The molecule has 3 heteroatoms. The van der Waals surface area contributed by atoms with Crippen LogP contribution in [0, 0.1) is 0 Å². The summed E-state index contributed by atoms with van der Waals surface area (Å²) >= 11 is 4.59. The fourth-order valence-corrected chi connectivity index (χ4v) is 3.65. The Bertz CT molecular complexity index is 670. The van der Waals surface area contributed by atoms with Gasteiger partial charge in [-0.3, -0.25) is 4.79 Å². The second-order valence-electron chi connectivity index (χ2n) is 4.98. The van der Waals surface area contributed by atoms with Crippen molar-refractivity contribution in [2.24, 2.45) is 0 Å².